The molecular weight excluding hydrogens is 488 g/mol. The Morgan fingerprint density at radius 3 is 1.97 bits per heavy atom. The Kier molecular flexibility index (Phi) is 13.2. The number of ketones is 3. The molecule has 10 heteroatoms. The second kappa shape index (κ2) is 15.4. The molecule has 0 saturated heterocycles. The Morgan fingerprint density at radius 1 is 0.781 bits per heavy atom. The van der Waals surface area contributed by atoms with Crippen molar-refractivity contribution in [1.82, 2.24) is 0 Å². The molecule has 0 saturated carbocycles. The van der Waals surface area contributed by atoms with Crippen molar-refractivity contribution in [1.29, 1.82) is 0 Å². The molecule has 0 spiro atoms. The topological polar surface area (TPSA) is 114 Å². The van der Waals surface area contributed by atoms with Gasteiger partial charge in [0.2, 0.25) is 11.6 Å². The number of alkyl halides is 1. The van der Waals surface area contributed by atoms with E-state index in [4.69, 9.17) is 23.7 Å². The summed E-state index contributed by atoms with van der Waals surface area (Å²) in [6.45, 7) is 6.13. The van der Waals surface area contributed by atoms with Crippen LogP contribution in [0.2, 0.25) is 0 Å². The molecule has 0 radical (unpaired) electrons. The van der Waals surface area contributed by atoms with E-state index in [1.807, 2.05) is 13.8 Å². The number of hydrogen-bond acceptors (Lipinski definition) is 9. The number of ether oxygens (including phenoxy) is 5. The molecule has 0 atom stereocenters. The first-order valence-corrected chi connectivity index (χ1v) is 11.4. The van der Waals surface area contributed by atoms with Crippen molar-refractivity contribution in [2.45, 2.75) is 33.6 Å². The Morgan fingerprint density at radius 2 is 1.38 bits per heavy atom. The molecule has 1 aromatic carbocycles. The minimum Gasteiger partial charge on any atom is -0.493 e. The maximum absolute atomic E-state index is 12.7. The summed E-state index contributed by atoms with van der Waals surface area (Å²) in [6, 6.07) is 3.18. The van der Waals surface area contributed by atoms with Crippen molar-refractivity contribution in [2.24, 2.45) is 0 Å². The van der Waals surface area contributed by atoms with Crippen molar-refractivity contribution in [3.63, 3.8) is 0 Å². The van der Waals surface area contributed by atoms with Gasteiger partial charge >= 0.3 is 5.97 Å². The summed E-state index contributed by atoms with van der Waals surface area (Å²) in [7, 11) is 0. The molecule has 1 aromatic rings. The monoisotopic (exact) mass is 516 g/mol. The molecule has 0 unspecified atom stereocenters. The highest BCUT2D eigenvalue weighted by Gasteiger charge is 2.20. The fourth-order valence-electron chi connectivity index (χ4n) is 2.53. The van der Waals surface area contributed by atoms with E-state index >= 15 is 0 Å². The average molecular weight is 517 g/mol. The molecule has 0 aliphatic heterocycles. The molecule has 9 nitrogen and oxygen atoms in total. The van der Waals surface area contributed by atoms with Gasteiger partial charge in [-0.15, -0.1) is 0 Å². The molecule has 0 N–H and O–H groups in total. The van der Waals surface area contributed by atoms with Gasteiger partial charge in [-0.1, -0.05) is 15.9 Å². The first kappa shape index (κ1) is 27.6. The molecule has 0 aliphatic rings. The third kappa shape index (κ3) is 9.35. The number of rotatable bonds is 17. The Hall–Kier alpha value is -2.46. The number of hydrogen-bond donors (Lipinski definition) is 0. The number of carbonyl (C=O) groups is 4. The van der Waals surface area contributed by atoms with Crippen LogP contribution in [0.5, 0.6) is 17.2 Å². The largest absolute Gasteiger partial charge is 0.493 e. The summed E-state index contributed by atoms with van der Waals surface area (Å²) in [5, 5.41) is -0.0658. The quantitative estimate of drug-likeness (QED) is 0.101. The highest BCUT2D eigenvalue weighted by atomic mass is 79.9. The zero-order chi connectivity index (χ0) is 23.9. The van der Waals surface area contributed by atoms with Gasteiger partial charge in [0.25, 0.3) is 0 Å². The summed E-state index contributed by atoms with van der Waals surface area (Å²) in [6.07, 6.45) is -0.222. The maximum atomic E-state index is 12.7. The van der Waals surface area contributed by atoms with Crippen molar-refractivity contribution in [2.75, 3.05) is 45.0 Å². The van der Waals surface area contributed by atoms with E-state index in [2.05, 4.69) is 15.9 Å². The molecule has 178 valence electrons. The van der Waals surface area contributed by atoms with Crippen LogP contribution in [0, 0.1) is 0 Å². The SMILES string of the molecule is CCOc1cc(OCC)c(C(=O)CCC(=O)OCCOCC(=O)C(=O)CBr)cc1OCC. The van der Waals surface area contributed by atoms with Gasteiger partial charge in [0, 0.05) is 12.5 Å². The lowest BCUT2D eigenvalue weighted by molar-refractivity contribution is -0.146. The van der Waals surface area contributed by atoms with Crippen molar-refractivity contribution in [3.05, 3.63) is 17.7 Å². The van der Waals surface area contributed by atoms with Gasteiger partial charge in [0.15, 0.2) is 17.3 Å². The highest BCUT2D eigenvalue weighted by molar-refractivity contribution is 9.09. The molecule has 0 aromatic heterocycles. The second-order valence-electron chi connectivity index (χ2n) is 6.27. The average Bonchev–Trinajstić information content (AvgIpc) is 2.78. The third-order valence-electron chi connectivity index (χ3n) is 3.96. The van der Waals surface area contributed by atoms with Gasteiger partial charge in [0.05, 0.1) is 43.7 Å². The summed E-state index contributed by atoms with van der Waals surface area (Å²) >= 11 is 2.89. The van der Waals surface area contributed by atoms with Crippen LogP contribution in [-0.4, -0.2) is 68.3 Å². The van der Waals surface area contributed by atoms with Crippen molar-refractivity contribution < 1.29 is 42.9 Å². The molecule has 32 heavy (non-hydrogen) atoms. The van der Waals surface area contributed by atoms with Gasteiger partial charge in [-0.05, 0) is 26.8 Å². The summed E-state index contributed by atoms with van der Waals surface area (Å²) in [5.41, 5.74) is 0.296. The maximum Gasteiger partial charge on any atom is 0.306 e. The summed E-state index contributed by atoms with van der Waals surface area (Å²) in [5.74, 6) is -0.879. The van der Waals surface area contributed by atoms with Crippen LogP contribution in [0.25, 0.3) is 0 Å². The zero-order valence-corrected chi connectivity index (χ0v) is 20.2. The van der Waals surface area contributed by atoms with E-state index < -0.39 is 17.5 Å². The normalized spacial score (nSPS) is 10.4. The van der Waals surface area contributed by atoms with Crippen LogP contribution >= 0.6 is 15.9 Å². The number of benzene rings is 1. The lowest BCUT2D eigenvalue weighted by atomic mass is 10.0. The number of Topliss-reactive ketones (excluding diaryl/α,β-unsaturated/α-hetero) is 3. The smallest absolute Gasteiger partial charge is 0.306 e. The Balaban J connectivity index is 2.61. The van der Waals surface area contributed by atoms with Crippen LogP contribution in [0.4, 0.5) is 0 Å². The van der Waals surface area contributed by atoms with Crippen molar-refractivity contribution >= 4 is 39.2 Å². The number of carbonyl (C=O) groups excluding carboxylic acids is 4. The lowest BCUT2D eigenvalue weighted by Gasteiger charge is -2.16. The van der Waals surface area contributed by atoms with E-state index in [9.17, 15) is 19.2 Å². The van der Waals surface area contributed by atoms with E-state index in [0.717, 1.165) is 0 Å². The van der Waals surface area contributed by atoms with Crippen LogP contribution < -0.4 is 14.2 Å². The standard InChI is InChI=1S/C22H29BrO9/c1-4-29-19-12-21(31-6-3)20(30-5-2)11-15(19)16(24)7-8-22(27)32-10-9-28-14-18(26)17(25)13-23/h11-12H,4-10,13-14H2,1-3H3. The molecule has 0 aliphatic carbocycles. The summed E-state index contributed by atoms with van der Waals surface area (Å²) < 4.78 is 26.7. The molecular formula is C22H29BrO9. The molecule has 0 amide bonds. The predicted molar refractivity (Wildman–Crippen MR) is 119 cm³/mol. The molecule has 0 heterocycles. The number of esters is 1. The fourth-order valence-corrected chi connectivity index (χ4v) is 2.84. The Labute approximate surface area is 195 Å². The Bertz CT molecular complexity index is 792. The second-order valence-corrected chi connectivity index (χ2v) is 6.83. The zero-order valence-electron chi connectivity index (χ0n) is 18.6. The molecule has 0 bridgehead atoms. The minimum absolute atomic E-state index is 0.0356. The van der Waals surface area contributed by atoms with E-state index in [-0.39, 0.29) is 43.8 Å². The third-order valence-corrected chi connectivity index (χ3v) is 4.47. The van der Waals surface area contributed by atoms with Gasteiger partial charge in [-0.25, -0.2) is 0 Å². The van der Waals surface area contributed by atoms with Crippen molar-refractivity contribution in [3.8, 4) is 17.2 Å². The molecule has 1 rings (SSSR count). The van der Waals surface area contributed by atoms with Crippen LogP contribution in [0.1, 0.15) is 44.0 Å². The summed E-state index contributed by atoms with van der Waals surface area (Å²) in [4.78, 5) is 47.1. The van der Waals surface area contributed by atoms with E-state index in [0.29, 0.717) is 42.6 Å². The molecule has 0 fully saturated rings. The van der Waals surface area contributed by atoms with Crippen LogP contribution in [0.3, 0.4) is 0 Å². The fraction of sp³-hybridized carbons (Fsp3) is 0.545. The van der Waals surface area contributed by atoms with Gasteiger partial charge in [-0.2, -0.15) is 0 Å². The van der Waals surface area contributed by atoms with Crippen LogP contribution in [0.15, 0.2) is 12.1 Å². The van der Waals surface area contributed by atoms with E-state index in [1.165, 1.54) is 0 Å². The highest BCUT2D eigenvalue weighted by Crippen LogP contribution is 2.36. The van der Waals surface area contributed by atoms with Crippen LogP contribution in [-0.2, 0) is 23.9 Å². The van der Waals surface area contributed by atoms with Gasteiger partial charge in [-0.3, -0.25) is 19.2 Å². The van der Waals surface area contributed by atoms with E-state index in [1.54, 1.807) is 19.1 Å². The first-order valence-electron chi connectivity index (χ1n) is 10.3. The van der Waals surface area contributed by atoms with Gasteiger partial charge in [0.1, 0.15) is 19.0 Å². The lowest BCUT2D eigenvalue weighted by Crippen LogP contribution is -2.22. The van der Waals surface area contributed by atoms with Gasteiger partial charge < -0.3 is 23.7 Å². The minimum atomic E-state index is -0.661. The predicted octanol–water partition coefficient (Wildman–Crippen LogP) is 2.94. The number of halogens is 1. The first-order chi connectivity index (χ1) is 15.4.